The van der Waals surface area contributed by atoms with E-state index < -0.39 is 11.6 Å². The lowest BCUT2D eigenvalue weighted by molar-refractivity contribution is 0.249. The Morgan fingerprint density at radius 1 is 1.16 bits per heavy atom. The Bertz CT molecular complexity index is 543. The SMILES string of the molecule is CC(c1ccncc1)N(C)Cc1ccc(F)cc1F. The Hall–Kier alpha value is -1.81. The van der Waals surface area contributed by atoms with E-state index in [2.05, 4.69) is 4.98 Å². The summed E-state index contributed by atoms with van der Waals surface area (Å²) in [6.45, 7) is 2.46. The third-order valence-electron chi connectivity index (χ3n) is 3.28. The lowest BCUT2D eigenvalue weighted by Gasteiger charge is -2.25. The minimum absolute atomic E-state index is 0.132. The first-order valence-electron chi connectivity index (χ1n) is 6.12. The van der Waals surface area contributed by atoms with E-state index in [0.717, 1.165) is 11.6 Å². The van der Waals surface area contributed by atoms with Crippen LogP contribution < -0.4 is 0 Å². The smallest absolute Gasteiger partial charge is 0.130 e. The Balaban J connectivity index is 2.10. The molecule has 2 nitrogen and oxygen atoms in total. The van der Waals surface area contributed by atoms with Gasteiger partial charge in [-0.3, -0.25) is 9.88 Å². The van der Waals surface area contributed by atoms with Crippen LogP contribution in [-0.4, -0.2) is 16.9 Å². The molecular weight excluding hydrogens is 246 g/mol. The van der Waals surface area contributed by atoms with Crippen LogP contribution in [-0.2, 0) is 6.54 Å². The second kappa shape index (κ2) is 5.89. The van der Waals surface area contributed by atoms with Crippen molar-refractivity contribution in [2.75, 3.05) is 7.05 Å². The Kier molecular flexibility index (Phi) is 4.22. The summed E-state index contributed by atoms with van der Waals surface area (Å²) in [7, 11) is 1.91. The van der Waals surface area contributed by atoms with E-state index in [4.69, 9.17) is 0 Å². The van der Waals surface area contributed by atoms with Crippen LogP contribution in [0.15, 0.2) is 42.7 Å². The largest absolute Gasteiger partial charge is 0.295 e. The van der Waals surface area contributed by atoms with Crippen LogP contribution in [0.3, 0.4) is 0 Å². The van der Waals surface area contributed by atoms with Crippen LogP contribution >= 0.6 is 0 Å². The van der Waals surface area contributed by atoms with E-state index in [9.17, 15) is 8.78 Å². The number of benzene rings is 1. The zero-order valence-electron chi connectivity index (χ0n) is 11.0. The van der Waals surface area contributed by atoms with Gasteiger partial charge >= 0.3 is 0 Å². The molecule has 0 amide bonds. The molecule has 0 aliphatic heterocycles. The molecule has 1 heterocycles. The van der Waals surface area contributed by atoms with Crippen molar-refractivity contribution in [3.63, 3.8) is 0 Å². The van der Waals surface area contributed by atoms with Gasteiger partial charge in [0.1, 0.15) is 11.6 Å². The summed E-state index contributed by atoms with van der Waals surface area (Å²) in [6.07, 6.45) is 3.47. The average Bonchev–Trinajstić information content (AvgIpc) is 2.42. The maximum Gasteiger partial charge on any atom is 0.130 e. The molecule has 0 radical (unpaired) electrons. The van der Waals surface area contributed by atoms with E-state index in [-0.39, 0.29) is 6.04 Å². The standard InChI is InChI=1S/C15H16F2N2/c1-11(12-5-7-18-8-6-12)19(2)10-13-3-4-14(16)9-15(13)17/h3-9,11H,10H2,1-2H3. The zero-order chi connectivity index (χ0) is 13.8. The van der Waals surface area contributed by atoms with Gasteiger partial charge in [-0.2, -0.15) is 0 Å². The van der Waals surface area contributed by atoms with Crippen molar-refractivity contribution in [1.82, 2.24) is 9.88 Å². The minimum Gasteiger partial charge on any atom is -0.295 e. The molecular formula is C15H16F2N2. The van der Waals surface area contributed by atoms with Gasteiger partial charge in [0.25, 0.3) is 0 Å². The first-order valence-corrected chi connectivity index (χ1v) is 6.12. The lowest BCUT2D eigenvalue weighted by atomic mass is 10.1. The molecule has 1 aromatic carbocycles. The molecule has 4 heteroatoms. The number of rotatable bonds is 4. The highest BCUT2D eigenvalue weighted by molar-refractivity contribution is 5.19. The van der Waals surface area contributed by atoms with Crippen LogP contribution in [0, 0.1) is 11.6 Å². The molecule has 2 aromatic rings. The van der Waals surface area contributed by atoms with E-state index in [0.29, 0.717) is 12.1 Å². The minimum atomic E-state index is -0.550. The Morgan fingerprint density at radius 2 is 1.84 bits per heavy atom. The van der Waals surface area contributed by atoms with Crippen LogP contribution in [0.1, 0.15) is 24.1 Å². The Labute approximate surface area is 111 Å². The van der Waals surface area contributed by atoms with Crippen molar-refractivity contribution in [2.45, 2.75) is 19.5 Å². The quantitative estimate of drug-likeness (QED) is 0.837. The summed E-state index contributed by atoms with van der Waals surface area (Å²) in [5.41, 5.74) is 1.60. The fourth-order valence-electron chi connectivity index (χ4n) is 1.95. The van der Waals surface area contributed by atoms with Gasteiger partial charge in [-0.15, -0.1) is 0 Å². The number of hydrogen-bond donors (Lipinski definition) is 0. The third kappa shape index (κ3) is 3.35. The molecule has 0 aliphatic rings. The van der Waals surface area contributed by atoms with Crippen molar-refractivity contribution < 1.29 is 8.78 Å². The first-order chi connectivity index (χ1) is 9.08. The summed E-state index contributed by atoms with van der Waals surface area (Å²) in [5.74, 6) is -1.06. The summed E-state index contributed by atoms with van der Waals surface area (Å²) in [4.78, 5) is 5.98. The summed E-state index contributed by atoms with van der Waals surface area (Å²) >= 11 is 0. The van der Waals surface area contributed by atoms with Gasteiger partial charge in [0.2, 0.25) is 0 Å². The second-order valence-corrected chi connectivity index (χ2v) is 4.61. The molecule has 0 bridgehead atoms. The highest BCUT2D eigenvalue weighted by Crippen LogP contribution is 2.21. The van der Waals surface area contributed by atoms with Gasteiger partial charge in [-0.1, -0.05) is 6.07 Å². The maximum absolute atomic E-state index is 13.6. The van der Waals surface area contributed by atoms with E-state index in [1.807, 2.05) is 31.0 Å². The number of hydrogen-bond acceptors (Lipinski definition) is 2. The predicted molar refractivity (Wildman–Crippen MR) is 70.5 cm³/mol. The van der Waals surface area contributed by atoms with Crippen LogP contribution in [0.5, 0.6) is 0 Å². The van der Waals surface area contributed by atoms with E-state index >= 15 is 0 Å². The monoisotopic (exact) mass is 262 g/mol. The molecule has 100 valence electrons. The molecule has 2 rings (SSSR count). The van der Waals surface area contributed by atoms with Crippen molar-refractivity contribution in [3.05, 3.63) is 65.5 Å². The molecule has 1 unspecified atom stereocenters. The molecule has 1 atom stereocenters. The molecule has 0 spiro atoms. The normalized spacial score (nSPS) is 12.7. The highest BCUT2D eigenvalue weighted by atomic mass is 19.1. The first kappa shape index (κ1) is 13.6. The average molecular weight is 262 g/mol. The van der Waals surface area contributed by atoms with Crippen LogP contribution in [0.4, 0.5) is 8.78 Å². The fraction of sp³-hybridized carbons (Fsp3) is 0.267. The lowest BCUT2D eigenvalue weighted by Crippen LogP contribution is -2.22. The van der Waals surface area contributed by atoms with Gasteiger partial charge in [-0.05, 0) is 37.7 Å². The van der Waals surface area contributed by atoms with Gasteiger partial charge in [0.05, 0.1) is 0 Å². The Morgan fingerprint density at radius 3 is 2.47 bits per heavy atom. The van der Waals surface area contributed by atoms with E-state index in [1.165, 1.54) is 12.1 Å². The zero-order valence-corrected chi connectivity index (χ0v) is 11.0. The third-order valence-corrected chi connectivity index (χ3v) is 3.28. The number of halogens is 2. The molecule has 0 saturated carbocycles. The van der Waals surface area contributed by atoms with Gasteiger partial charge in [0.15, 0.2) is 0 Å². The summed E-state index contributed by atoms with van der Waals surface area (Å²) in [6, 6.07) is 7.68. The fourth-order valence-corrected chi connectivity index (χ4v) is 1.95. The van der Waals surface area contributed by atoms with Crippen molar-refractivity contribution in [3.8, 4) is 0 Å². The predicted octanol–water partition coefficient (Wildman–Crippen LogP) is 3.55. The molecule has 1 aromatic heterocycles. The van der Waals surface area contributed by atoms with Crippen molar-refractivity contribution in [2.24, 2.45) is 0 Å². The molecule has 0 aliphatic carbocycles. The topological polar surface area (TPSA) is 16.1 Å². The highest BCUT2D eigenvalue weighted by Gasteiger charge is 2.13. The van der Waals surface area contributed by atoms with Gasteiger partial charge in [-0.25, -0.2) is 8.78 Å². The number of nitrogens with zero attached hydrogens (tertiary/aromatic N) is 2. The van der Waals surface area contributed by atoms with Crippen LogP contribution in [0.2, 0.25) is 0 Å². The number of aromatic nitrogens is 1. The molecule has 0 fully saturated rings. The van der Waals surface area contributed by atoms with Crippen molar-refractivity contribution in [1.29, 1.82) is 0 Å². The molecule has 0 saturated heterocycles. The van der Waals surface area contributed by atoms with Crippen LogP contribution in [0.25, 0.3) is 0 Å². The van der Waals surface area contributed by atoms with E-state index in [1.54, 1.807) is 12.4 Å². The number of pyridine rings is 1. The maximum atomic E-state index is 13.6. The van der Waals surface area contributed by atoms with Gasteiger partial charge in [0, 0.05) is 36.6 Å². The van der Waals surface area contributed by atoms with Crippen molar-refractivity contribution >= 4 is 0 Å². The molecule has 0 N–H and O–H groups in total. The molecule has 19 heavy (non-hydrogen) atoms. The summed E-state index contributed by atoms with van der Waals surface area (Å²) in [5, 5.41) is 0. The second-order valence-electron chi connectivity index (χ2n) is 4.61. The van der Waals surface area contributed by atoms with Gasteiger partial charge < -0.3 is 0 Å². The summed E-state index contributed by atoms with van der Waals surface area (Å²) < 4.78 is 26.4.